The summed E-state index contributed by atoms with van der Waals surface area (Å²) in [6.07, 6.45) is 0.873. The first kappa shape index (κ1) is 21.7. The van der Waals surface area contributed by atoms with Crippen molar-refractivity contribution >= 4 is 33.3 Å². The smallest absolute Gasteiger partial charge is 0.304 e. The van der Waals surface area contributed by atoms with Crippen molar-refractivity contribution < 1.29 is 0 Å². The quantitative estimate of drug-likeness (QED) is 0.268. The van der Waals surface area contributed by atoms with Crippen molar-refractivity contribution in [2.75, 3.05) is 0 Å². The number of nitrogens with zero attached hydrogens (tertiary/aromatic N) is 4. The van der Waals surface area contributed by atoms with E-state index in [0.717, 1.165) is 34.2 Å². The third kappa shape index (κ3) is 4.79. The highest BCUT2D eigenvalue weighted by atomic mass is 32.2. The van der Waals surface area contributed by atoms with E-state index in [4.69, 9.17) is 0 Å². The second-order valence-corrected chi connectivity index (χ2v) is 10.2. The minimum absolute atomic E-state index is 0.0284. The largest absolute Gasteiger partial charge is 0.308 e. The predicted octanol–water partition coefficient (Wildman–Crippen LogP) is 5.80. The highest BCUT2D eigenvalue weighted by Crippen LogP contribution is 2.34. The molecule has 0 radical (unpaired) electrons. The monoisotopic (exact) mass is 472 g/mol. The number of hydrogen-bond acceptors (Lipinski definition) is 5. The van der Waals surface area contributed by atoms with Crippen LogP contribution in [0, 0.1) is 0 Å². The summed E-state index contributed by atoms with van der Waals surface area (Å²) in [5.41, 5.74) is 3.46. The molecule has 5 rings (SSSR count). The molecule has 0 bridgehead atoms. The third-order valence-electron chi connectivity index (χ3n) is 5.68. The first-order chi connectivity index (χ1) is 16.2. The summed E-state index contributed by atoms with van der Waals surface area (Å²) < 4.78 is 4.97. The topological polar surface area (TPSA) is 52.7 Å². The summed E-state index contributed by atoms with van der Waals surface area (Å²) in [5.74, 6) is 0.805. The fourth-order valence-electron chi connectivity index (χ4n) is 3.89. The Morgan fingerprint density at radius 3 is 2.36 bits per heavy atom. The van der Waals surface area contributed by atoms with Crippen LogP contribution in [0.3, 0.4) is 0 Å². The Morgan fingerprint density at radius 1 is 0.879 bits per heavy atom. The Labute approximate surface area is 200 Å². The molecule has 1 unspecified atom stereocenters. The maximum Gasteiger partial charge on any atom is 0.308 e. The van der Waals surface area contributed by atoms with Crippen LogP contribution >= 0.6 is 23.1 Å². The molecular formula is C26H24N4OS2. The van der Waals surface area contributed by atoms with E-state index in [1.807, 2.05) is 36.4 Å². The Bertz CT molecular complexity index is 1410. The molecule has 0 fully saturated rings. The molecule has 0 aliphatic carbocycles. The van der Waals surface area contributed by atoms with Crippen LogP contribution in [0.2, 0.25) is 0 Å². The van der Waals surface area contributed by atoms with E-state index in [0.29, 0.717) is 6.54 Å². The lowest BCUT2D eigenvalue weighted by atomic mass is 10.1. The van der Waals surface area contributed by atoms with Crippen LogP contribution in [0.5, 0.6) is 0 Å². The van der Waals surface area contributed by atoms with Gasteiger partial charge in [-0.3, -0.25) is 9.36 Å². The van der Waals surface area contributed by atoms with Gasteiger partial charge in [0.1, 0.15) is 0 Å². The normalized spacial score (nSPS) is 12.3. The summed E-state index contributed by atoms with van der Waals surface area (Å²) in [4.78, 5) is 12.8. The van der Waals surface area contributed by atoms with Crippen molar-refractivity contribution in [2.45, 2.75) is 36.8 Å². The zero-order chi connectivity index (χ0) is 22.6. The molecule has 0 aliphatic rings. The summed E-state index contributed by atoms with van der Waals surface area (Å²) in [7, 11) is 0. The highest BCUT2D eigenvalue weighted by Gasteiger charge is 2.18. The zero-order valence-electron chi connectivity index (χ0n) is 18.3. The number of para-hydroxylation sites is 1. The lowest BCUT2D eigenvalue weighted by molar-refractivity contribution is 0.585. The zero-order valence-corrected chi connectivity index (χ0v) is 19.9. The van der Waals surface area contributed by atoms with Gasteiger partial charge >= 0.3 is 4.87 Å². The van der Waals surface area contributed by atoms with Gasteiger partial charge in [0.05, 0.1) is 16.8 Å². The SMILES string of the molecule is CC(Sc1nnc(Cn2c(=O)sc3ccccc32)n1CCc1ccccc1)c1ccccc1. The van der Waals surface area contributed by atoms with Crippen molar-refractivity contribution in [3.05, 3.63) is 112 Å². The van der Waals surface area contributed by atoms with Gasteiger partial charge in [-0.1, -0.05) is 95.9 Å². The van der Waals surface area contributed by atoms with Crippen LogP contribution in [0.15, 0.2) is 94.9 Å². The molecule has 5 aromatic rings. The minimum atomic E-state index is 0.0284. The van der Waals surface area contributed by atoms with Gasteiger partial charge in [-0.25, -0.2) is 0 Å². The van der Waals surface area contributed by atoms with E-state index in [2.05, 4.69) is 70.2 Å². The van der Waals surface area contributed by atoms with Crippen molar-refractivity contribution in [3.63, 3.8) is 0 Å². The van der Waals surface area contributed by atoms with Crippen molar-refractivity contribution in [1.29, 1.82) is 0 Å². The third-order valence-corrected chi connectivity index (χ3v) is 7.78. The molecule has 2 heterocycles. The Balaban J connectivity index is 1.47. The molecule has 3 aromatic carbocycles. The maximum absolute atomic E-state index is 12.7. The molecule has 0 N–H and O–H groups in total. The standard InChI is InChI=1S/C26H24N4OS2/c1-19(21-12-6-3-7-13-21)32-25-28-27-24(29(25)17-16-20-10-4-2-5-11-20)18-30-22-14-8-9-15-23(22)33-26(30)31/h2-15,19H,16-18H2,1H3. The fraction of sp³-hybridized carbons (Fsp3) is 0.192. The first-order valence-corrected chi connectivity index (χ1v) is 12.6. The molecule has 7 heteroatoms. The van der Waals surface area contributed by atoms with E-state index in [-0.39, 0.29) is 10.1 Å². The van der Waals surface area contributed by atoms with Gasteiger partial charge in [0.25, 0.3) is 0 Å². The van der Waals surface area contributed by atoms with E-state index >= 15 is 0 Å². The fourth-order valence-corrected chi connectivity index (χ4v) is 5.80. The molecular weight excluding hydrogens is 448 g/mol. The molecule has 5 nitrogen and oxygen atoms in total. The maximum atomic E-state index is 12.7. The van der Waals surface area contributed by atoms with E-state index < -0.39 is 0 Å². The average Bonchev–Trinajstić information content (AvgIpc) is 3.38. The predicted molar refractivity (Wildman–Crippen MR) is 136 cm³/mol. The number of rotatable bonds is 8. The molecule has 0 spiro atoms. The molecule has 2 aromatic heterocycles. The lowest BCUT2D eigenvalue weighted by Gasteiger charge is -2.14. The van der Waals surface area contributed by atoms with Crippen LogP contribution in [0.1, 0.15) is 29.1 Å². The van der Waals surface area contributed by atoms with Crippen LogP contribution in [0.25, 0.3) is 10.2 Å². The van der Waals surface area contributed by atoms with Gasteiger partial charge < -0.3 is 4.57 Å². The first-order valence-electron chi connectivity index (χ1n) is 10.9. The second kappa shape index (κ2) is 9.77. The number of thioether (sulfide) groups is 1. The van der Waals surface area contributed by atoms with Gasteiger partial charge in [0.2, 0.25) is 0 Å². The molecule has 33 heavy (non-hydrogen) atoms. The molecule has 0 saturated carbocycles. The van der Waals surface area contributed by atoms with Crippen LogP contribution < -0.4 is 4.87 Å². The highest BCUT2D eigenvalue weighted by molar-refractivity contribution is 7.99. The molecule has 0 saturated heterocycles. The number of aromatic nitrogens is 4. The number of benzene rings is 3. The van der Waals surface area contributed by atoms with Crippen molar-refractivity contribution in [2.24, 2.45) is 0 Å². The van der Waals surface area contributed by atoms with E-state index in [9.17, 15) is 4.79 Å². The van der Waals surface area contributed by atoms with Gasteiger partial charge in [-0.2, -0.15) is 0 Å². The van der Waals surface area contributed by atoms with Crippen molar-refractivity contribution in [3.8, 4) is 0 Å². The van der Waals surface area contributed by atoms with E-state index in [1.165, 1.54) is 22.5 Å². The van der Waals surface area contributed by atoms with Crippen LogP contribution in [0.4, 0.5) is 0 Å². The summed E-state index contributed by atoms with van der Waals surface area (Å²) in [6.45, 7) is 3.35. The Hall–Kier alpha value is -3.16. The van der Waals surface area contributed by atoms with Crippen molar-refractivity contribution in [1.82, 2.24) is 19.3 Å². The van der Waals surface area contributed by atoms with Crippen LogP contribution in [-0.4, -0.2) is 19.3 Å². The minimum Gasteiger partial charge on any atom is -0.304 e. The van der Waals surface area contributed by atoms with Gasteiger partial charge in [-0.15, -0.1) is 10.2 Å². The summed E-state index contributed by atoms with van der Waals surface area (Å²) >= 11 is 2.98. The number of fused-ring (bicyclic) bond motifs is 1. The molecule has 166 valence electrons. The van der Waals surface area contributed by atoms with Gasteiger partial charge in [0.15, 0.2) is 11.0 Å². The number of aryl methyl sites for hydroxylation is 1. The molecule has 1 atom stereocenters. The molecule has 0 amide bonds. The lowest BCUT2D eigenvalue weighted by Crippen LogP contribution is -2.18. The van der Waals surface area contributed by atoms with Gasteiger partial charge in [0, 0.05) is 11.8 Å². The van der Waals surface area contributed by atoms with E-state index in [1.54, 1.807) is 16.3 Å². The molecule has 0 aliphatic heterocycles. The Kier molecular flexibility index (Phi) is 6.41. The van der Waals surface area contributed by atoms with Gasteiger partial charge in [-0.05, 0) is 36.6 Å². The van der Waals surface area contributed by atoms with Crippen LogP contribution in [-0.2, 0) is 19.5 Å². The Morgan fingerprint density at radius 2 is 1.58 bits per heavy atom. The summed E-state index contributed by atoms with van der Waals surface area (Å²) in [5, 5.41) is 10.2. The number of hydrogen-bond donors (Lipinski definition) is 0. The second-order valence-electron chi connectivity index (χ2n) is 7.88. The average molecular weight is 473 g/mol. The summed E-state index contributed by atoms with van der Waals surface area (Å²) in [6, 6.07) is 28.8. The number of thiazole rings is 1.